The summed E-state index contributed by atoms with van der Waals surface area (Å²) in [7, 11) is 0. The van der Waals surface area contributed by atoms with Crippen molar-refractivity contribution in [2.75, 3.05) is 0 Å². The van der Waals surface area contributed by atoms with Gasteiger partial charge < -0.3 is 5.41 Å². The summed E-state index contributed by atoms with van der Waals surface area (Å²) in [5.41, 5.74) is -0.495. The molecule has 0 aromatic rings. The van der Waals surface area contributed by atoms with E-state index in [1.807, 2.05) is 13.8 Å². The molecule has 3 atom stereocenters. The van der Waals surface area contributed by atoms with Crippen molar-refractivity contribution in [1.82, 2.24) is 0 Å². The molecule has 102 valence electrons. The molecule has 20 heavy (non-hydrogen) atoms. The van der Waals surface area contributed by atoms with Gasteiger partial charge in [0, 0.05) is 5.92 Å². The molecule has 0 amide bonds. The van der Waals surface area contributed by atoms with Crippen LogP contribution in [-0.2, 0) is 0 Å². The molecule has 1 saturated carbocycles. The largest absolute Gasteiger partial charge is 0.305 e. The standard InChI is InChI=1S/C16H18N4/c1-10(2)14-12-6-4-3-5-11(12)13(7-17)15(20)16(14,8-18)9-19/h5,10,12-14,20H,3-4,6H2,1-2H3/t12-,13+,14+/m0/s1. The number of hydrogen-bond donors (Lipinski definition) is 1. The number of nitrogens with one attached hydrogen (secondary N) is 1. The van der Waals surface area contributed by atoms with Gasteiger partial charge in [0.15, 0.2) is 5.41 Å². The van der Waals surface area contributed by atoms with Gasteiger partial charge in [-0.1, -0.05) is 19.9 Å². The SMILES string of the molecule is CC(C)[C@@H]1[C@H]2CCCC=C2[C@@H](C#N)C(=N)C1(C#N)C#N. The fraction of sp³-hybridized carbons (Fsp3) is 0.625. The van der Waals surface area contributed by atoms with E-state index in [9.17, 15) is 15.8 Å². The van der Waals surface area contributed by atoms with Crippen molar-refractivity contribution in [3.05, 3.63) is 11.6 Å². The molecule has 0 heterocycles. The van der Waals surface area contributed by atoms with Gasteiger partial charge in [-0.15, -0.1) is 0 Å². The Kier molecular flexibility index (Phi) is 3.65. The van der Waals surface area contributed by atoms with Gasteiger partial charge in [0.2, 0.25) is 0 Å². The molecule has 4 heteroatoms. The summed E-state index contributed by atoms with van der Waals surface area (Å²) >= 11 is 0. The summed E-state index contributed by atoms with van der Waals surface area (Å²) in [6, 6.07) is 6.30. The molecule has 2 rings (SSSR count). The summed E-state index contributed by atoms with van der Waals surface area (Å²) in [5.74, 6) is -0.682. The molecule has 0 saturated heterocycles. The minimum Gasteiger partial charge on any atom is -0.305 e. The Morgan fingerprint density at radius 2 is 1.95 bits per heavy atom. The Bertz CT molecular complexity index is 565. The predicted molar refractivity (Wildman–Crippen MR) is 74.2 cm³/mol. The number of nitrogens with zero attached hydrogens (tertiary/aromatic N) is 3. The van der Waals surface area contributed by atoms with Crippen LogP contribution in [0.5, 0.6) is 0 Å². The predicted octanol–water partition coefficient (Wildman–Crippen LogP) is 3.19. The summed E-state index contributed by atoms with van der Waals surface area (Å²) in [5, 5.41) is 36.9. The zero-order valence-corrected chi connectivity index (χ0v) is 11.8. The second-order valence-corrected chi connectivity index (χ2v) is 6.02. The van der Waals surface area contributed by atoms with Gasteiger partial charge >= 0.3 is 0 Å². The first-order valence-electron chi connectivity index (χ1n) is 7.04. The van der Waals surface area contributed by atoms with Crippen molar-refractivity contribution >= 4 is 5.71 Å². The number of allylic oxidation sites excluding steroid dienone is 2. The Morgan fingerprint density at radius 3 is 2.45 bits per heavy atom. The normalized spacial score (nSPS) is 31.5. The van der Waals surface area contributed by atoms with Crippen LogP contribution >= 0.6 is 0 Å². The molecule has 2 aliphatic rings. The number of nitriles is 3. The molecule has 2 aliphatic carbocycles. The lowest BCUT2D eigenvalue weighted by Gasteiger charge is -2.47. The van der Waals surface area contributed by atoms with E-state index in [4.69, 9.17) is 5.41 Å². The molecule has 0 spiro atoms. The van der Waals surface area contributed by atoms with Gasteiger partial charge in [0.25, 0.3) is 0 Å². The Labute approximate surface area is 119 Å². The lowest BCUT2D eigenvalue weighted by molar-refractivity contribution is 0.179. The summed E-state index contributed by atoms with van der Waals surface area (Å²) in [6.07, 6.45) is 4.92. The van der Waals surface area contributed by atoms with E-state index in [0.29, 0.717) is 0 Å². The highest BCUT2D eigenvalue weighted by atomic mass is 14.7. The van der Waals surface area contributed by atoms with Gasteiger partial charge in [-0.25, -0.2) is 0 Å². The Balaban J connectivity index is 2.66. The second kappa shape index (κ2) is 5.10. The lowest BCUT2D eigenvalue weighted by Crippen LogP contribution is -2.51. The molecule has 0 bridgehead atoms. The number of rotatable bonds is 1. The average molecular weight is 266 g/mol. The zero-order valence-electron chi connectivity index (χ0n) is 11.8. The van der Waals surface area contributed by atoms with E-state index < -0.39 is 11.3 Å². The highest BCUT2D eigenvalue weighted by Gasteiger charge is 2.57. The quantitative estimate of drug-likeness (QED) is 0.738. The van der Waals surface area contributed by atoms with Gasteiger partial charge in [0.1, 0.15) is 5.92 Å². The maximum Gasteiger partial charge on any atom is 0.186 e. The fourth-order valence-corrected chi connectivity index (χ4v) is 3.92. The van der Waals surface area contributed by atoms with Crippen molar-refractivity contribution < 1.29 is 0 Å². The maximum atomic E-state index is 9.59. The molecule has 0 aromatic carbocycles. The van der Waals surface area contributed by atoms with Gasteiger partial charge in [-0.2, -0.15) is 15.8 Å². The second-order valence-electron chi connectivity index (χ2n) is 6.02. The first kappa shape index (κ1) is 14.3. The Morgan fingerprint density at radius 1 is 1.30 bits per heavy atom. The first-order chi connectivity index (χ1) is 9.53. The number of fused-ring (bicyclic) bond motifs is 1. The molecule has 0 aromatic heterocycles. The van der Waals surface area contributed by atoms with Crippen LogP contribution < -0.4 is 0 Å². The van der Waals surface area contributed by atoms with Crippen LogP contribution in [0, 0.1) is 68.5 Å². The fourth-order valence-electron chi connectivity index (χ4n) is 3.92. The van der Waals surface area contributed by atoms with E-state index >= 15 is 0 Å². The molecule has 1 N–H and O–H groups in total. The van der Waals surface area contributed by atoms with Crippen LogP contribution in [-0.4, -0.2) is 5.71 Å². The number of hydrogen-bond acceptors (Lipinski definition) is 4. The van der Waals surface area contributed by atoms with Gasteiger partial charge in [-0.05, 0) is 36.7 Å². The molecule has 0 unspecified atom stereocenters. The van der Waals surface area contributed by atoms with Crippen molar-refractivity contribution in [3.8, 4) is 18.2 Å². The van der Waals surface area contributed by atoms with Crippen molar-refractivity contribution in [3.63, 3.8) is 0 Å². The van der Waals surface area contributed by atoms with Crippen molar-refractivity contribution in [1.29, 1.82) is 21.2 Å². The lowest BCUT2D eigenvalue weighted by atomic mass is 9.52. The van der Waals surface area contributed by atoms with Crippen molar-refractivity contribution in [2.24, 2.45) is 29.1 Å². The maximum absolute atomic E-state index is 9.59. The first-order valence-corrected chi connectivity index (χ1v) is 7.04. The van der Waals surface area contributed by atoms with E-state index in [-0.39, 0.29) is 23.5 Å². The van der Waals surface area contributed by atoms with E-state index in [1.165, 1.54) is 0 Å². The van der Waals surface area contributed by atoms with Crippen molar-refractivity contribution in [2.45, 2.75) is 33.1 Å². The smallest absolute Gasteiger partial charge is 0.186 e. The summed E-state index contributed by atoms with van der Waals surface area (Å²) in [6.45, 7) is 4.00. The monoisotopic (exact) mass is 266 g/mol. The topological polar surface area (TPSA) is 95.2 Å². The summed E-state index contributed by atoms with van der Waals surface area (Å²) in [4.78, 5) is 0. The average Bonchev–Trinajstić information content (AvgIpc) is 2.46. The Hall–Kier alpha value is -2.12. The van der Waals surface area contributed by atoms with Gasteiger partial charge in [-0.3, -0.25) is 0 Å². The highest BCUT2D eigenvalue weighted by Crippen LogP contribution is 2.53. The van der Waals surface area contributed by atoms with Crippen LogP contribution in [0.15, 0.2) is 11.6 Å². The minimum absolute atomic E-state index is 0.0203. The molecule has 0 aliphatic heterocycles. The van der Waals surface area contributed by atoms with Crippen LogP contribution in [0.2, 0.25) is 0 Å². The minimum atomic E-state index is -1.45. The summed E-state index contributed by atoms with van der Waals surface area (Å²) < 4.78 is 0. The third-order valence-electron chi connectivity index (χ3n) is 4.71. The molecule has 4 nitrogen and oxygen atoms in total. The zero-order chi connectivity index (χ0) is 14.9. The van der Waals surface area contributed by atoms with Crippen LogP contribution in [0.25, 0.3) is 0 Å². The molecular formula is C16H18N4. The van der Waals surface area contributed by atoms with Gasteiger partial charge in [0.05, 0.1) is 23.9 Å². The highest BCUT2D eigenvalue weighted by molar-refractivity contribution is 6.00. The molecular weight excluding hydrogens is 248 g/mol. The third kappa shape index (κ3) is 1.75. The molecule has 0 radical (unpaired) electrons. The van der Waals surface area contributed by atoms with Crippen LogP contribution in [0.3, 0.4) is 0 Å². The van der Waals surface area contributed by atoms with E-state index in [2.05, 4.69) is 24.3 Å². The van der Waals surface area contributed by atoms with Crippen LogP contribution in [0.1, 0.15) is 33.1 Å². The van der Waals surface area contributed by atoms with E-state index in [1.54, 1.807) is 0 Å². The van der Waals surface area contributed by atoms with E-state index in [0.717, 1.165) is 24.8 Å². The molecule has 1 fully saturated rings. The third-order valence-corrected chi connectivity index (χ3v) is 4.71. The van der Waals surface area contributed by atoms with Crippen LogP contribution in [0.4, 0.5) is 0 Å².